The Morgan fingerprint density at radius 1 is 1.56 bits per heavy atom. The summed E-state index contributed by atoms with van der Waals surface area (Å²) < 4.78 is 43.3. The normalized spacial score (nSPS) is 26.9. The van der Waals surface area contributed by atoms with Crippen LogP contribution in [0.4, 0.5) is 13.2 Å². The minimum atomic E-state index is -4.72. The first-order valence-corrected chi connectivity index (χ1v) is 5.71. The van der Waals surface area contributed by atoms with Crippen LogP contribution >= 0.6 is 0 Å². The van der Waals surface area contributed by atoms with Gasteiger partial charge in [-0.05, 0) is 20.8 Å². The van der Waals surface area contributed by atoms with Gasteiger partial charge in [0.25, 0.3) is 0 Å². The Hall–Kier alpha value is -0.820. The highest BCUT2D eigenvalue weighted by atomic mass is 19.4. The molecular weight excluding hydrogens is 251 g/mol. The molecule has 1 heterocycles. The number of morpholine rings is 1. The molecule has 0 saturated carbocycles. The van der Waals surface area contributed by atoms with Gasteiger partial charge in [0.1, 0.15) is 0 Å². The van der Waals surface area contributed by atoms with E-state index >= 15 is 0 Å². The summed E-state index contributed by atoms with van der Waals surface area (Å²) in [5.74, 6) is -4.18. The van der Waals surface area contributed by atoms with Gasteiger partial charge in [0, 0.05) is 19.6 Å². The third-order valence-corrected chi connectivity index (χ3v) is 2.77. The Balaban J connectivity index is 2.73. The quantitative estimate of drug-likeness (QED) is 0.848. The van der Waals surface area contributed by atoms with Gasteiger partial charge >= 0.3 is 12.1 Å². The van der Waals surface area contributed by atoms with Crippen LogP contribution in [0.2, 0.25) is 0 Å². The average Bonchev–Trinajstić information content (AvgIpc) is 2.08. The van der Waals surface area contributed by atoms with Gasteiger partial charge < -0.3 is 9.84 Å². The van der Waals surface area contributed by atoms with Crippen molar-refractivity contribution < 1.29 is 27.8 Å². The van der Waals surface area contributed by atoms with E-state index < -0.39 is 30.2 Å². The SMILES string of the molecule is CC1CN(CC(C(=O)O)C(F)(F)F)CC(C)(C)O1. The standard InChI is InChI=1S/C11H18F3NO3/c1-7-4-15(6-10(2,3)18-7)5-8(9(16)17)11(12,13)14/h7-8H,4-6H2,1-3H3,(H,16,17). The van der Waals surface area contributed by atoms with Crippen LogP contribution in [0.25, 0.3) is 0 Å². The van der Waals surface area contributed by atoms with Gasteiger partial charge in [-0.2, -0.15) is 13.2 Å². The Kier molecular flexibility index (Phi) is 4.27. The molecule has 0 radical (unpaired) electrons. The summed E-state index contributed by atoms with van der Waals surface area (Å²) in [5, 5.41) is 8.66. The van der Waals surface area contributed by atoms with E-state index in [-0.39, 0.29) is 12.6 Å². The Bertz CT molecular complexity index is 317. The second-order valence-electron chi connectivity index (χ2n) is 5.31. The number of carbonyl (C=O) groups is 1. The zero-order valence-electron chi connectivity index (χ0n) is 10.6. The number of carboxylic acid groups (broad SMARTS) is 1. The third kappa shape index (κ3) is 4.13. The molecule has 106 valence electrons. The number of aliphatic carboxylic acids is 1. The van der Waals surface area contributed by atoms with Gasteiger partial charge in [-0.1, -0.05) is 0 Å². The Morgan fingerprint density at radius 3 is 2.50 bits per heavy atom. The van der Waals surface area contributed by atoms with E-state index in [1.54, 1.807) is 20.8 Å². The molecule has 0 aliphatic carbocycles. The number of ether oxygens (including phenoxy) is 1. The summed E-state index contributed by atoms with van der Waals surface area (Å²) in [6.45, 7) is 5.38. The second-order valence-corrected chi connectivity index (χ2v) is 5.31. The van der Waals surface area contributed by atoms with E-state index in [0.717, 1.165) is 0 Å². The first kappa shape index (κ1) is 15.2. The van der Waals surface area contributed by atoms with E-state index in [1.165, 1.54) is 4.90 Å². The number of rotatable bonds is 3. The highest BCUT2D eigenvalue weighted by molar-refractivity contribution is 5.71. The minimum Gasteiger partial charge on any atom is -0.481 e. The largest absolute Gasteiger partial charge is 0.481 e. The van der Waals surface area contributed by atoms with Crippen LogP contribution in [0.5, 0.6) is 0 Å². The van der Waals surface area contributed by atoms with Crippen LogP contribution < -0.4 is 0 Å². The smallest absolute Gasteiger partial charge is 0.403 e. The van der Waals surface area contributed by atoms with E-state index in [1.807, 2.05) is 0 Å². The molecule has 0 bridgehead atoms. The molecule has 1 N–H and O–H groups in total. The highest BCUT2D eigenvalue weighted by Crippen LogP contribution is 2.29. The lowest BCUT2D eigenvalue weighted by Gasteiger charge is -2.42. The molecule has 1 fully saturated rings. The van der Waals surface area contributed by atoms with E-state index in [9.17, 15) is 18.0 Å². The summed E-state index contributed by atoms with van der Waals surface area (Å²) in [4.78, 5) is 12.2. The molecule has 2 atom stereocenters. The lowest BCUT2D eigenvalue weighted by atomic mass is 10.0. The molecule has 2 unspecified atom stereocenters. The van der Waals surface area contributed by atoms with Crippen molar-refractivity contribution in [1.29, 1.82) is 0 Å². The zero-order valence-corrected chi connectivity index (χ0v) is 10.6. The van der Waals surface area contributed by atoms with Crippen LogP contribution in [-0.4, -0.2) is 53.5 Å². The lowest BCUT2D eigenvalue weighted by Crippen LogP contribution is -2.54. The number of halogens is 3. The molecule has 0 spiro atoms. The molecular formula is C11H18F3NO3. The molecule has 4 nitrogen and oxygen atoms in total. The molecule has 18 heavy (non-hydrogen) atoms. The van der Waals surface area contributed by atoms with E-state index in [0.29, 0.717) is 6.54 Å². The van der Waals surface area contributed by atoms with Gasteiger partial charge in [0.05, 0.1) is 11.7 Å². The Labute approximate surface area is 104 Å². The number of nitrogens with zero attached hydrogens (tertiary/aromatic N) is 1. The maximum Gasteiger partial charge on any atom is 0.403 e. The molecule has 1 saturated heterocycles. The fourth-order valence-corrected chi connectivity index (χ4v) is 2.30. The average molecular weight is 269 g/mol. The lowest BCUT2D eigenvalue weighted by molar-refractivity contribution is -0.203. The van der Waals surface area contributed by atoms with Crippen molar-refractivity contribution in [2.24, 2.45) is 5.92 Å². The van der Waals surface area contributed by atoms with Gasteiger partial charge in [0.15, 0.2) is 5.92 Å². The van der Waals surface area contributed by atoms with E-state index in [2.05, 4.69) is 0 Å². The number of carboxylic acids is 1. The fraction of sp³-hybridized carbons (Fsp3) is 0.909. The highest BCUT2D eigenvalue weighted by Gasteiger charge is 2.47. The van der Waals surface area contributed by atoms with Crippen molar-refractivity contribution in [3.63, 3.8) is 0 Å². The van der Waals surface area contributed by atoms with E-state index in [4.69, 9.17) is 9.84 Å². The summed E-state index contributed by atoms with van der Waals surface area (Å²) in [7, 11) is 0. The number of hydrogen-bond acceptors (Lipinski definition) is 3. The van der Waals surface area contributed by atoms with Crippen LogP contribution in [0, 0.1) is 5.92 Å². The van der Waals surface area contributed by atoms with Gasteiger partial charge in [0.2, 0.25) is 0 Å². The molecule has 1 aliphatic heterocycles. The molecule has 1 rings (SSSR count). The van der Waals surface area contributed by atoms with Gasteiger partial charge in [-0.15, -0.1) is 0 Å². The maximum absolute atomic E-state index is 12.6. The molecule has 1 aliphatic rings. The molecule has 0 aromatic rings. The Morgan fingerprint density at radius 2 is 2.11 bits per heavy atom. The zero-order chi connectivity index (χ0) is 14.1. The van der Waals surface area contributed by atoms with Crippen molar-refractivity contribution in [2.75, 3.05) is 19.6 Å². The van der Waals surface area contributed by atoms with Crippen molar-refractivity contribution in [3.05, 3.63) is 0 Å². The number of hydrogen-bond donors (Lipinski definition) is 1. The van der Waals surface area contributed by atoms with Crippen LogP contribution in [0.15, 0.2) is 0 Å². The summed E-state index contributed by atoms with van der Waals surface area (Å²) in [6, 6.07) is 0. The second kappa shape index (κ2) is 5.05. The van der Waals surface area contributed by atoms with Gasteiger partial charge in [-0.3, -0.25) is 9.69 Å². The van der Waals surface area contributed by atoms with Crippen molar-refractivity contribution in [3.8, 4) is 0 Å². The predicted octanol–water partition coefficient (Wildman–Crippen LogP) is 1.75. The molecule has 0 aromatic carbocycles. The summed E-state index contributed by atoms with van der Waals surface area (Å²) in [5.41, 5.74) is -0.563. The summed E-state index contributed by atoms with van der Waals surface area (Å²) in [6.07, 6.45) is -4.94. The molecule has 7 heteroatoms. The first-order chi connectivity index (χ1) is 8.01. The fourth-order valence-electron chi connectivity index (χ4n) is 2.30. The molecule has 0 aromatic heterocycles. The monoisotopic (exact) mass is 269 g/mol. The van der Waals surface area contributed by atoms with Crippen LogP contribution in [-0.2, 0) is 9.53 Å². The van der Waals surface area contributed by atoms with Crippen molar-refractivity contribution in [2.45, 2.75) is 38.7 Å². The van der Waals surface area contributed by atoms with Crippen LogP contribution in [0.1, 0.15) is 20.8 Å². The van der Waals surface area contributed by atoms with Crippen LogP contribution in [0.3, 0.4) is 0 Å². The maximum atomic E-state index is 12.6. The van der Waals surface area contributed by atoms with Crippen molar-refractivity contribution in [1.82, 2.24) is 4.90 Å². The topological polar surface area (TPSA) is 49.8 Å². The molecule has 0 amide bonds. The minimum absolute atomic E-state index is 0.212. The third-order valence-electron chi connectivity index (χ3n) is 2.77. The predicted molar refractivity (Wildman–Crippen MR) is 58.2 cm³/mol. The first-order valence-electron chi connectivity index (χ1n) is 5.71. The number of alkyl halides is 3. The van der Waals surface area contributed by atoms with Crippen molar-refractivity contribution >= 4 is 5.97 Å². The van der Waals surface area contributed by atoms with Gasteiger partial charge in [-0.25, -0.2) is 0 Å². The summed E-state index contributed by atoms with van der Waals surface area (Å²) >= 11 is 0.